The van der Waals surface area contributed by atoms with E-state index in [0.29, 0.717) is 23.4 Å². The van der Waals surface area contributed by atoms with Gasteiger partial charge in [-0.25, -0.2) is 17.2 Å². The molecule has 0 spiro atoms. The first-order chi connectivity index (χ1) is 17.9. The molecule has 1 N–H and O–H groups in total. The van der Waals surface area contributed by atoms with E-state index in [4.69, 9.17) is 11.6 Å². The summed E-state index contributed by atoms with van der Waals surface area (Å²) in [5.74, 6) is -2.56. The van der Waals surface area contributed by atoms with Crippen LogP contribution < -0.4 is 11.1 Å². The zero-order valence-electron chi connectivity index (χ0n) is 20.4. The Morgan fingerprint density at radius 2 is 1.84 bits per heavy atom. The summed E-state index contributed by atoms with van der Waals surface area (Å²) in [4.78, 5) is 35.8. The summed E-state index contributed by atoms with van der Waals surface area (Å²) < 4.78 is 56.2. The average Bonchev–Trinajstić information content (AvgIpc) is 3.64. The number of nitrogens with one attached hydrogen (secondary N) is 1. The van der Waals surface area contributed by atoms with Crippen LogP contribution in [-0.4, -0.2) is 34.2 Å². The molecule has 0 aliphatic heterocycles. The summed E-state index contributed by atoms with van der Waals surface area (Å²) in [6.45, 7) is 3.15. The van der Waals surface area contributed by atoms with Crippen LogP contribution in [-0.2, 0) is 9.84 Å². The quantitative estimate of drug-likeness (QED) is 0.392. The van der Waals surface area contributed by atoms with Crippen molar-refractivity contribution >= 4 is 21.4 Å². The van der Waals surface area contributed by atoms with E-state index in [-0.39, 0.29) is 39.2 Å². The first kappa shape index (κ1) is 25.9. The van der Waals surface area contributed by atoms with Crippen LogP contribution in [0.15, 0.2) is 57.3 Å². The van der Waals surface area contributed by atoms with Crippen LogP contribution in [0.25, 0.3) is 16.9 Å². The molecule has 38 heavy (non-hydrogen) atoms. The van der Waals surface area contributed by atoms with Crippen LogP contribution in [0.3, 0.4) is 0 Å². The number of pyridine rings is 2. The number of rotatable bonds is 5. The van der Waals surface area contributed by atoms with Crippen LogP contribution >= 0.6 is 11.6 Å². The number of aromatic amines is 1. The van der Waals surface area contributed by atoms with E-state index in [0.717, 1.165) is 16.9 Å². The van der Waals surface area contributed by atoms with Crippen molar-refractivity contribution in [3.05, 3.63) is 103 Å². The van der Waals surface area contributed by atoms with Crippen molar-refractivity contribution in [2.24, 2.45) is 0 Å². The van der Waals surface area contributed by atoms with Gasteiger partial charge in [0.25, 0.3) is 11.1 Å². The molecular formula is C26H21ClF2N4O4S. The molecule has 2 atom stereocenters. The minimum atomic E-state index is -3.92. The highest BCUT2D eigenvalue weighted by Gasteiger charge is 2.44. The molecule has 3 heterocycles. The maximum absolute atomic E-state index is 16.0. The third-order valence-electron chi connectivity index (χ3n) is 6.66. The summed E-state index contributed by atoms with van der Waals surface area (Å²) >= 11 is 6.50. The van der Waals surface area contributed by atoms with E-state index in [9.17, 15) is 18.0 Å². The first-order valence-corrected chi connectivity index (χ1v) is 13.8. The maximum Gasteiger partial charge on any atom is 0.274 e. The van der Waals surface area contributed by atoms with Crippen molar-refractivity contribution in [3.63, 3.8) is 0 Å². The summed E-state index contributed by atoms with van der Waals surface area (Å²) in [7, 11) is -3.92. The Morgan fingerprint density at radius 3 is 2.53 bits per heavy atom. The van der Waals surface area contributed by atoms with E-state index < -0.39 is 37.6 Å². The highest BCUT2D eigenvalue weighted by Crippen LogP contribution is 2.54. The van der Waals surface area contributed by atoms with Gasteiger partial charge in [0.2, 0.25) is 0 Å². The molecule has 1 saturated carbocycles. The highest BCUT2D eigenvalue weighted by atomic mass is 35.5. The molecule has 0 bridgehead atoms. The lowest BCUT2D eigenvalue weighted by Gasteiger charge is -2.18. The molecule has 4 aromatic rings. The van der Waals surface area contributed by atoms with Crippen molar-refractivity contribution in [1.29, 1.82) is 0 Å². The number of hydrogen-bond acceptors (Lipinski definition) is 6. The minimum Gasteiger partial charge on any atom is -0.326 e. The molecule has 1 fully saturated rings. The summed E-state index contributed by atoms with van der Waals surface area (Å²) in [6, 6.07) is 5.25. The number of aromatic nitrogens is 4. The van der Waals surface area contributed by atoms with Crippen LogP contribution in [0.4, 0.5) is 8.78 Å². The monoisotopic (exact) mass is 558 g/mol. The van der Waals surface area contributed by atoms with E-state index >= 15 is 8.78 Å². The van der Waals surface area contributed by atoms with E-state index in [1.54, 1.807) is 13.0 Å². The second-order valence-corrected chi connectivity index (χ2v) is 11.7. The van der Waals surface area contributed by atoms with Crippen LogP contribution in [0.1, 0.15) is 40.8 Å². The summed E-state index contributed by atoms with van der Waals surface area (Å²) in [5, 5.41) is -0.127. The number of sulfone groups is 1. The zero-order valence-corrected chi connectivity index (χ0v) is 22.0. The van der Waals surface area contributed by atoms with Gasteiger partial charge in [0, 0.05) is 42.0 Å². The largest absolute Gasteiger partial charge is 0.326 e. The lowest BCUT2D eigenvalue weighted by Crippen LogP contribution is -2.24. The standard InChI is InChI=1S/C26H21ClF2N4O4S/c1-12-11-32-22(14-5-4-6-18(20(14)28)38(3,36)37)21(29)24(12)33-13(2)9-16(19(27)26(33)35)15-10-17(15)23-25(34)31-8-7-30-23/h4-9,11,15,17H,10H2,1-3H3,(H,31,34)/t15-,17+/m1/s1. The number of halogens is 3. The maximum atomic E-state index is 16.0. The van der Waals surface area contributed by atoms with Crippen molar-refractivity contribution in [2.75, 3.05) is 6.26 Å². The molecule has 196 valence electrons. The van der Waals surface area contributed by atoms with Crippen molar-refractivity contribution in [1.82, 2.24) is 19.5 Å². The lowest BCUT2D eigenvalue weighted by molar-refractivity contribution is 0.569. The van der Waals surface area contributed by atoms with Crippen molar-refractivity contribution < 1.29 is 17.2 Å². The van der Waals surface area contributed by atoms with Crippen molar-refractivity contribution in [3.8, 4) is 16.9 Å². The molecule has 0 radical (unpaired) electrons. The van der Waals surface area contributed by atoms with Crippen LogP contribution in [0.2, 0.25) is 5.02 Å². The van der Waals surface area contributed by atoms with Gasteiger partial charge in [-0.05, 0) is 55.5 Å². The molecule has 0 saturated heterocycles. The third-order valence-corrected chi connectivity index (χ3v) is 8.15. The van der Waals surface area contributed by atoms with E-state index in [1.807, 2.05) is 0 Å². The smallest absolute Gasteiger partial charge is 0.274 e. The fraction of sp³-hybridized carbons (Fsp3) is 0.231. The molecule has 8 nitrogen and oxygen atoms in total. The molecule has 1 aromatic carbocycles. The Balaban J connectivity index is 1.64. The Labute approximate surface area is 220 Å². The number of H-pyrrole nitrogens is 1. The second kappa shape index (κ2) is 9.25. The van der Waals surface area contributed by atoms with Gasteiger partial charge in [-0.2, -0.15) is 0 Å². The van der Waals surface area contributed by atoms with Gasteiger partial charge in [-0.1, -0.05) is 17.7 Å². The second-order valence-electron chi connectivity index (χ2n) is 9.29. The zero-order chi connectivity index (χ0) is 27.5. The number of benzene rings is 1. The molecular weight excluding hydrogens is 538 g/mol. The van der Waals surface area contributed by atoms with E-state index in [2.05, 4.69) is 15.0 Å². The Morgan fingerprint density at radius 1 is 1.11 bits per heavy atom. The van der Waals surface area contributed by atoms with Crippen molar-refractivity contribution in [2.45, 2.75) is 37.0 Å². The Bertz CT molecular complexity index is 1850. The van der Waals surface area contributed by atoms with Gasteiger partial charge in [0.1, 0.15) is 21.3 Å². The Hall–Kier alpha value is -3.70. The minimum absolute atomic E-state index is 0.127. The van der Waals surface area contributed by atoms with Gasteiger partial charge in [-0.15, -0.1) is 0 Å². The normalized spacial score (nSPS) is 17.0. The van der Waals surface area contributed by atoms with Crippen LogP contribution in [0, 0.1) is 25.5 Å². The van der Waals surface area contributed by atoms with Gasteiger partial charge in [0.15, 0.2) is 21.5 Å². The number of hydrogen-bond donors (Lipinski definition) is 1. The summed E-state index contributed by atoms with van der Waals surface area (Å²) in [6.07, 6.45) is 5.62. The van der Waals surface area contributed by atoms with E-state index in [1.165, 1.54) is 37.6 Å². The molecule has 0 unspecified atom stereocenters. The number of aryl methyl sites for hydroxylation is 2. The predicted molar refractivity (Wildman–Crippen MR) is 138 cm³/mol. The van der Waals surface area contributed by atoms with Gasteiger partial charge < -0.3 is 4.98 Å². The van der Waals surface area contributed by atoms with Gasteiger partial charge >= 0.3 is 0 Å². The summed E-state index contributed by atoms with van der Waals surface area (Å²) in [5.41, 5.74) is -0.457. The fourth-order valence-electron chi connectivity index (χ4n) is 4.76. The van der Waals surface area contributed by atoms with Gasteiger partial charge in [0.05, 0.1) is 5.69 Å². The highest BCUT2D eigenvalue weighted by molar-refractivity contribution is 7.90. The molecule has 5 rings (SSSR count). The average molecular weight is 559 g/mol. The van der Waals surface area contributed by atoms with Gasteiger partial charge in [-0.3, -0.25) is 24.1 Å². The topological polar surface area (TPSA) is 115 Å². The first-order valence-electron chi connectivity index (χ1n) is 11.5. The predicted octanol–water partition coefficient (Wildman–Crippen LogP) is 4.21. The van der Waals surface area contributed by atoms with Crippen LogP contribution in [0.5, 0.6) is 0 Å². The molecule has 1 aliphatic carbocycles. The fourth-order valence-corrected chi connectivity index (χ4v) is 5.80. The molecule has 3 aromatic heterocycles. The SMILES string of the molecule is Cc1cnc(-c2cccc(S(C)(=O)=O)c2F)c(F)c1-n1c(C)cc([C@H]2C[C@@H]2c2ncc[nH]c2=O)c(Cl)c1=O. The lowest BCUT2D eigenvalue weighted by atomic mass is 10.1. The Kier molecular flexibility index (Phi) is 6.31. The molecule has 1 aliphatic rings. The number of nitrogens with zero attached hydrogens (tertiary/aromatic N) is 3. The molecule has 12 heteroatoms. The third kappa shape index (κ3) is 4.25. The molecule has 0 amide bonds.